The molecule has 3 nitrogen and oxygen atoms in total. The van der Waals surface area contributed by atoms with Gasteiger partial charge in [-0.1, -0.05) is 64.0 Å². The first-order valence-electron chi connectivity index (χ1n) is 10.3. The van der Waals surface area contributed by atoms with Crippen molar-refractivity contribution in [3.05, 3.63) is 118 Å². The van der Waals surface area contributed by atoms with Gasteiger partial charge in [-0.3, -0.25) is 0 Å². The van der Waals surface area contributed by atoms with Crippen LogP contribution in [0.2, 0.25) is 0 Å². The van der Waals surface area contributed by atoms with Crippen LogP contribution in [0.1, 0.15) is 27.0 Å². The van der Waals surface area contributed by atoms with Crippen LogP contribution in [0.15, 0.2) is 95.5 Å². The van der Waals surface area contributed by atoms with E-state index < -0.39 is 0 Å². The van der Waals surface area contributed by atoms with Crippen molar-refractivity contribution < 1.29 is 14.3 Å². The summed E-state index contributed by atoms with van der Waals surface area (Å²) in [5.41, 5.74) is 5.84. The van der Waals surface area contributed by atoms with Gasteiger partial charge in [-0.15, -0.1) is 0 Å². The van der Waals surface area contributed by atoms with Gasteiger partial charge in [0.2, 0.25) is 0 Å². The Balaban J connectivity index is 1.39. The van der Waals surface area contributed by atoms with Crippen molar-refractivity contribution in [1.82, 2.24) is 0 Å². The monoisotopic (exact) mass is 486 g/mol. The van der Waals surface area contributed by atoms with Gasteiger partial charge in [0.25, 0.3) is 0 Å². The maximum absolute atomic E-state index is 12.6. The molecule has 0 amide bonds. The van der Waals surface area contributed by atoms with Gasteiger partial charge >= 0.3 is 5.97 Å². The number of ether oxygens (including phenoxy) is 2. The number of benzene rings is 4. The van der Waals surface area contributed by atoms with E-state index in [2.05, 4.69) is 47.1 Å². The molecule has 0 aliphatic heterocycles. The van der Waals surface area contributed by atoms with Gasteiger partial charge in [0, 0.05) is 4.47 Å². The van der Waals surface area contributed by atoms with Crippen molar-refractivity contribution in [3.63, 3.8) is 0 Å². The Morgan fingerprint density at radius 3 is 2.09 bits per heavy atom. The second-order valence-corrected chi connectivity index (χ2v) is 8.59. The van der Waals surface area contributed by atoms with Crippen molar-refractivity contribution in [2.45, 2.75) is 20.5 Å². The molecule has 4 rings (SSSR count). The van der Waals surface area contributed by atoms with E-state index in [0.29, 0.717) is 17.9 Å². The summed E-state index contributed by atoms with van der Waals surface area (Å²) in [4.78, 5) is 12.6. The van der Waals surface area contributed by atoms with E-state index in [1.165, 1.54) is 5.56 Å². The third-order valence-electron chi connectivity index (χ3n) is 5.17. The maximum Gasteiger partial charge on any atom is 0.343 e. The third-order valence-corrected chi connectivity index (χ3v) is 5.70. The Kier molecular flexibility index (Phi) is 6.72. The third kappa shape index (κ3) is 5.45. The number of hydrogen-bond acceptors (Lipinski definition) is 3. The van der Waals surface area contributed by atoms with Gasteiger partial charge in [0.1, 0.15) is 18.1 Å². The fourth-order valence-electron chi connectivity index (χ4n) is 3.28. The van der Waals surface area contributed by atoms with Gasteiger partial charge in [-0.25, -0.2) is 4.79 Å². The van der Waals surface area contributed by atoms with Crippen LogP contribution in [0.25, 0.3) is 11.1 Å². The first-order chi connectivity index (χ1) is 15.5. The average Bonchev–Trinajstić information content (AvgIpc) is 2.81. The van der Waals surface area contributed by atoms with Crippen LogP contribution < -0.4 is 9.47 Å². The van der Waals surface area contributed by atoms with Gasteiger partial charge in [0.15, 0.2) is 0 Å². The van der Waals surface area contributed by atoms with Gasteiger partial charge in [0.05, 0.1) is 5.56 Å². The van der Waals surface area contributed by atoms with E-state index >= 15 is 0 Å². The molecule has 0 bridgehead atoms. The molecule has 0 heterocycles. The molecule has 160 valence electrons. The summed E-state index contributed by atoms with van der Waals surface area (Å²) in [6.45, 7) is 4.44. The first-order valence-corrected chi connectivity index (χ1v) is 11.1. The van der Waals surface area contributed by atoms with Crippen LogP contribution in [-0.2, 0) is 6.61 Å². The number of esters is 1. The molecule has 4 heteroatoms. The first kappa shape index (κ1) is 21.8. The Bertz CT molecular complexity index is 1210. The highest BCUT2D eigenvalue weighted by Crippen LogP contribution is 2.27. The molecule has 0 saturated carbocycles. The molecule has 32 heavy (non-hydrogen) atoms. The Morgan fingerprint density at radius 2 is 1.44 bits per heavy atom. The van der Waals surface area contributed by atoms with Crippen molar-refractivity contribution in [2.24, 2.45) is 0 Å². The lowest BCUT2D eigenvalue weighted by Gasteiger charge is -2.11. The van der Waals surface area contributed by atoms with Crippen molar-refractivity contribution in [3.8, 4) is 22.6 Å². The summed E-state index contributed by atoms with van der Waals surface area (Å²) in [7, 11) is 0. The van der Waals surface area contributed by atoms with Crippen LogP contribution in [0.5, 0.6) is 11.5 Å². The number of aryl methyl sites for hydroxylation is 2. The summed E-state index contributed by atoms with van der Waals surface area (Å²) >= 11 is 3.41. The molecule has 0 N–H and O–H groups in total. The molecule has 0 aromatic heterocycles. The fraction of sp³-hybridized carbons (Fsp3) is 0.107. The van der Waals surface area contributed by atoms with E-state index in [1.807, 2.05) is 61.5 Å². The van der Waals surface area contributed by atoms with Crippen molar-refractivity contribution in [2.75, 3.05) is 0 Å². The van der Waals surface area contributed by atoms with Crippen LogP contribution in [0.3, 0.4) is 0 Å². The smallest absolute Gasteiger partial charge is 0.343 e. The summed E-state index contributed by atoms with van der Waals surface area (Å²) in [5, 5.41) is 0. The molecule has 0 saturated heterocycles. The van der Waals surface area contributed by atoms with Crippen molar-refractivity contribution >= 4 is 21.9 Å². The number of carbonyl (C=O) groups is 1. The largest absolute Gasteiger partial charge is 0.489 e. The zero-order valence-electron chi connectivity index (χ0n) is 18.0. The van der Waals surface area contributed by atoms with E-state index in [-0.39, 0.29) is 5.97 Å². The summed E-state index contributed by atoms with van der Waals surface area (Å²) in [6, 6.07) is 29.2. The molecule has 0 atom stereocenters. The lowest BCUT2D eigenvalue weighted by molar-refractivity contribution is 0.0733. The topological polar surface area (TPSA) is 35.5 Å². The number of hydrogen-bond donors (Lipinski definition) is 0. The molecule has 0 unspecified atom stereocenters. The second kappa shape index (κ2) is 9.84. The zero-order chi connectivity index (χ0) is 22.5. The predicted molar refractivity (Wildman–Crippen MR) is 131 cm³/mol. The van der Waals surface area contributed by atoms with Crippen LogP contribution in [0, 0.1) is 13.8 Å². The summed E-state index contributed by atoms with van der Waals surface area (Å²) in [5.74, 6) is 0.978. The second-order valence-electron chi connectivity index (χ2n) is 7.68. The van der Waals surface area contributed by atoms with Gasteiger partial charge < -0.3 is 9.47 Å². The van der Waals surface area contributed by atoms with Crippen LogP contribution in [0.4, 0.5) is 0 Å². The molecule has 0 fully saturated rings. The minimum absolute atomic E-state index is 0.378. The molecule has 0 aliphatic rings. The lowest BCUT2D eigenvalue weighted by Crippen LogP contribution is -2.09. The average molecular weight is 487 g/mol. The van der Waals surface area contributed by atoms with Crippen LogP contribution >= 0.6 is 15.9 Å². The molecular formula is C28H23BrO3. The number of carbonyl (C=O) groups excluding carboxylic acids is 1. The SMILES string of the molecule is Cc1ccc(-c2ccc(OC(=O)c3ccc(COc4ccc(Br)cc4)cc3)c(C)c2)cc1. The molecule has 4 aromatic carbocycles. The highest BCUT2D eigenvalue weighted by molar-refractivity contribution is 9.10. The minimum Gasteiger partial charge on any atom is -0.489 e. The predicted octanol–water partition coefficient (Wildman–Crippen LogP) is 7.53. The van der Waals surface area contributed by atoms with E-state index in [0.717, 1.165) is 32.5 Å². The number of rotatable bonds is 6. The maximum atomic E-state index is 12.6. The Labute approximate surface area is 196 Å². The highest BCUT2D eigenvalue weighted by Gasteiger charge is 2.11. The fourth-order valence-corrected chi connectivity index (χ4v) is 3.55. The highest BCUT2D eigenvalue weighted by atomic mass is 79.9. The minimum atomic E-state index is -0.378. The quantitative estimate of drug-likeness (QED) is 0.208. The van der Waals surface area contributed by atoms with Crippen molar-refractivity contribution in [1.29, 1.82) is 0 Å². The summed E-state index contributed by atoms with van der Waals surface area (Å²) < 4.78 is 12.4. The lowest BCUT2D eigenvalue weighted by atomic mass is 10.0. The standard InChI is InChI=1S/C28H23BrO3/c1-19-3-7-22(8-4-19)24-11-16-27(20(2)17-24)32-28(30)23-9-5-21(6-10-23)18-31-26-14-12-25(29)13-15-26/h3-17H,18H2,1-2H3. The Hall–Kier alpha value is -3.37. The molecule has 4 aromatic rings. The zero-order valence-corrected chi connectivity index (χ0v) is 19.6. The summed E-state index contributed by atoms with van der Waals surface area (Å²) in [6.07, 6.45) is 0. The van der Waals surface area contributed by atoms with E-state index in [1.54, 1.807) is 12.1 Å². The van der Waals surface area contributed by atoms with E-state index in [9.17, 15) is 4.79 Å². The van der Waals surface area contributed by atoms with E-state index in [4.69, 9.17) is 9.47 Å². The molecule has 0 radical (unpaired) electrons. The molecule has 0 spiro atoms. The van der Waals surface area contributed by atoms with Gasteiger partial charge in [-0.05, 0) is 84.6 Å². The Morgan fingerprint density at radius 1 is 0.781 bits per heavy atom. The van der Waals surface area contributed by atoms with Gasteiger partial charge in [-0.2, -0.15) is 0 Å². The number of halogens is 1. The molecule has 0 aliphatic carbocycles. The molecular weight excluding hydrogens is 464 g/mol. The van der Waals surface area contributed by atoms with Crippen LogP contribution in [-0.4, -0.2) is 5.97 Å². The normalized spacial score (nSPS) is 10.6.